The zero-order valence-electron chi connectivity index (χ0n) is 14.5. The second-order valence-electron chi connectivity index (χ2n) is 6.80. The smallest absolute Gasteiger partial charge is 0.267 e. The number of hydrogen-bond donors (Lipinski definition) is 0. The first-order valence-corrected chi connectivity index (χ1v) is 9.86. The maximum atomic E-state index is 13.1. The fourth-order valence-corrected chi connectivity index (χ4v) is 4.15. The SMILES string of the molecule is O=C(C1CC(c2cccc(Br)c2)=NO1)N1CCCCC1c1ccccc1. The molecular weight excluding hydrogens is 392 g/mol. The molecular formula is C21H21BrN2O2. The minimum Gasteiger partial charge on any atom is -0.382 e. The molecule has 134 valence electrons. The average molecular weight is 413 g/mol. The Labute approximate surface area is 162 Å². The van der Waals surface area contributed by atoms with Gasteiger partial charge in [-0.15, -0.1) is 0 Å². The maximum Gasteiger partial charge on any atom is 0.267 e. The molecule has 1 amide bonds. The van der Waals surface area contributed by atoms with E-state index in [2.05, 4.69) is 33.2 Å². The molecule has 5 heteroatoms. The van der Waals surface area contributed by atoms with E-state index in [1.54, 1.807) is 0 Å². The van der Waals surface area contributed by atoms with E-state index >= 15 is 0 Å². The second kappa shape index (κ2) is 7.62. The largest absolute Gasteiger partial charge is 0.382 e. The Balaban J connectivity index is 1.49. The Bertz CT molecular complexity index is 822. The Kier molecular flexibility index (Phi) is 5.07. The summed E-state index contributed by atoms with van der Waals surface area (Å²) in [5.74, 6) is 0.0484. The van der Waals surface area contributed by atoms with Gasteiger partial charge in [0, 0.05) is 23.0 Å². The molecule has 0 N–H and O–H groups in total. The highest BCUT2D eigenvalue weighted by atomic mass is 79.9. The van der Waals surface area contributed by atoms with Crippen molar-refractivity contribution in [3.05, 3.63) is 70.2 Å². The van der Waals surface area contributed by atoms with Crippen molar-refractivity contribution in [1.82, 2.24) is 4.90 Å². The molecule has 2 aromatic carbocycles. The molecule has 2 aromatic rings. The van der Waals surface area contributed by atoms with Crippen molar-refractivity contribution in [1.29, 1.82) is 0 Å². The first kappa shape index (κ1) is 17.3. The topological polar surface area (TPSA) is 41.9 Å². The number of carbonyl (C=O) groups excluding carboxylic acids is 1. The van der Waals surface area contributed by atoms with E-state index in [1.165, 1.54) is 5.56 Å². The molecule has 1 saturated heterocycles. The molecule has 0 bridgehead atoms. The van der Waals surface area contributed by atoms with Gasteiger partial charge < -0.3 is 9.74 Å². The van der Waals surface area contributed by atoms with Crippen LogP contribution >= 0.6 is 15.9 Å². The van der Waals surface area contributed by atoms with Crippen molar-refractivity contribution < 1.29 is 9.63 Å². The molecule has 2 atom stereocenters. The highest BCUT2D eigenvalue weighted by Gasteiger charge is 2.36. The molecule has 2 aliphatic rings. The molecule has 4 nitrogen and oxygen atoms in total. The van der Waals surface area contributed by atoms with E-state index in [-0.39, 0.29) is 11.9 Å². The normalized spacial score (nSPS) is 22.7. The molecule has 4 rings (SSSR count). The van der Waals surface area contributed by atoms with Gasteiger partial charge in [0.25, 0.3) is 5.91 Å². The summed E-state index contributed by atoms with van der Waals surface area (Å²) in [5.41, 5.74) is 3.03. The van der Waals surface area contributed by atoms with Gasteiger partial charge in [0.1, 0.15) is 0 Å². The zero-order valence-corrected chi connectivity index (χ0v) is 16.1. The van der Waals surface area contributed by atoms with Crippen molar-refractivity contribution in [2.45, 2.75) is 37.8 Å². The number of oxime groups is 1. The molecule has 1 fully saturated rings. The third kappa shape index (κ3) is 3.54. The van der Waals surface area contributed by atoms with E-state index in [0.29, 0.717) is 6.42 Å². The summed E-state index contributed by atoms with van der Waals surface area (Å²) in [5, 5.41) is 4.19. The van der Waals surface area contributed by atoms with Crippen molar-refractivity contribution >= 4 is 27.5 Å². The van der Waals surface area contributed by atoms with Crippen LogP contribution in [-0.4, -0.2) is 29.2 Å². The molecule has 0 radical (unpaired) electrons. The molecule has 0 saturated carbocycles. The number of halogens is 1. The summed E-state index contributed by atoms with van der Waals surface area (Å²) in [6.45, 7) is 0.782. The minimum absolute atomic E-state index is 0.0484. The van der Waals surface area contributed by atoms with E-state index in [4.69, 9.17) is 4.84 Å². The maximum absolute atomic E-state index is 13.1. The lowest BCUT2D eigenvalue weighted by atomic mass is 9.94. The average Bonchev–Trinajstić information content (AvgIpc) is 3.18. The van der Waals surface area contributed by atoms with Gasteiger partial charge in [-0.3, -0.25) is 4.79 Å². The van der Waals surface area contributed by atoms with E-state index in [0.717, 1.165) is 41.6 Å². The minimum atomic E-state index is -0.520. The number of benzene rings is 2. The quantitative estimate of drug-likeness (QED) is 0.732. The standard InChI is InChI=1S/C21H21BrN2O2/c22-17-10-6-9-16(13-17)18-14-20(26-23-18)21(25)24-12-5-4-11-19(24)15-7-2-1-3-8-15/h1-3,6-10,13,19-20H,4-5,11-12,14H2. The van der Waals surface area contributed by atoms with Crippen molar-refractivity contribution in [3.8, 4) is 0 Å². The Morgan fingerprint density at radius 2 is 1.96 bits per heavy atom. The van der Waals surface area contributed by atoms with Crippen molar-refractivity contribution in [2.24, 2.45) is 5.16 Å². The highest BCUT2D eigenvalue weighted by Crippen LogP contribution is 2.32. The van der Waals surface area contributed by atoms with Crippen LogP contribution in [0.15, 0.2) is 64.2 Å². The van der Waals surface area contributed by atoms with Crippen molar-refractivity contribution in [2.75, 3.05) is 6.54 Å². The van der Waals surface area contributed by atoms with Crippen LogP contribution in [-0.2, 0) is 9.63 Å². The first-order valence-electron chi connectivity index (χ1n) is 9.06. The summed E-state index contributed by atoms with van der Waals surface area (Å²) >= 11 is 3.48. The van der Waals surface area contributed by atoms with Gasteiger partial charge in [-0.25, -0.2) is 0 Å². The van der Waals surface area contributed by atoms with Gasteiger partial charge in [0.2, 0.25) is 6.10 Å². The van der Waals surface area contributed by atoms with Crippen molar-refractivity contribution in [3.63, 3.8) is 0 Å². The lowest BCUT2D eigenvalue weighted by molar-refractivity contribution is -0.146. The molecule has 0 aliphatic carbocycles. The van der Waals surface area contributed by atoms with Gasteiger partial charge in [0.15, 0.2) is 0 Å². The van der Waals surface area contributed by atoms with E-state index in [1.807, 2.05) is 47.4 Å². The van der Waals surface area contributed by atoms with Crippen LogP contribution in [0.4, 0.5) is 0 Å². The molecule has 2 aliphatic heterocycles. The van der Waals surface area contributed by atoms with Crippen LogP contribution < -0.4 is 0 Å². The van der Waals surface area contributed by atoms with Gasteiger partial charge in [-0.05, 0) is 37.0 Å². The lowest BCUT2D eigenvalue weighted by Gasteiger charge is -2.37. The number of likely N-dealkylation sites (tertiary alicyclic amines) is 1. The van der Waals surface area contributed by atoms with Crippen LogP contribution in [0.2, 0.25) is 0 Å². The van der Waals surface area contributed by atoms with Crippen LogP contribution in [0.25, 0.3) is 0 Å². The number of carbonyl (C=O) groups is 1. The summed E-state index contributed by atoms with van der Waals surface area (Å²) in [4.78, 5) is 20.7. The predicted octanol–water partition coefficient (Wildman–Crippen LogP) is 4.70. The van der Waals surface area contributed by atoms with Gasteiger partial charge >= 0.3 is 0 Å². The van der Waals surface area contributed by atoms with E-state index < -0.39 is 6.10 Å². The van der Waals surface area contributed by atoms with Gasteiger partial charge in [0.05, 0.1) is 11.8 Å². The summed E-state index contributed by atoms with van der Waals surface area (Å²) < 4.78 is 0.993. The Morgan fingerprint density at radius 1 is 1.12 bits per heavy atom. The summed E-state index contributed by atoms with van der Waals surface area (Å²) in [6, 6.07) is 18.4. The summed E-state index contributed by atoms with van der Waals surface area (Å²) in [6.07, 6.45) is 3.19. The number of rotatable bonds is 3. The summed E-state index contributed by atoms with van der Waals surface area (Å²) in [7, 11) is 0. The van der Waals surface area contributed by atoms with Crippen LogP contribution in [0.3, 0.4) is 0 Å². The molecule has 0 aromatic heterocycles. The monoisotopic (exact) mass is 412 g/mol. The zero-order chi connectivity index (χ0) is 17.9. The number of nitrogens with zero attached hydrogens (tertiary/aromatic N) is 2. The van der Waals surface area contributed by atoms with E-state index in [9.17, 15) is 4.79 Å². The fraction of sp³-hybridized carbons (Fsp3) is 0.333. The highest BCUT2D eigenvalue weighted by molar-refractivity contribution is 9.10. The second-order valence-corrected chi connectivity index (χ2v) is 7.72. The first-order chi connectivity index (χ1) is 12.7. The number of piperidine rings is 1. The van der Waals surface area contributed by atoms with Gasteiger partial charge in [-0.2, -0.15) is 0 Å². The van der Waals surface area contributed by atoms with Crippen LogP contribution in [0.1, 0.15) is 42.9 Å². The molecule has 26 heavy (non-hydrogen) atoms. The fourth-order valence-electron chi connectivity index (χ4n) is 3.75. The molecule has 2 unspecified atom stereocenters. The molecule has 2 heterocycles. The third-order valence-corrected chi connectivity index (χ3v) is 5.57. The Morgan fingerprint density at radius 3 is 2.77 bits per heavy atom. The Hall–Kier alpha value is -2.14. The number of hydrogen-bond acceptors (Lipinski definition) is 3. The predicted molar refractivity (Wildman–Crippen MR) is 105 cm³/mol. The lowest BCUT2D eigenvalue weighted by Crippen LogP contribution is -2.44. The van der Waals surface area contributed by atoms with Gasteiger partial charge in [-0.1, -0.05) is 63.6 Å². The number of amides is 1. The van der Waals surface area contributed by atoms with Crippen LogP contribution in [0, 0.1) is 0 Å². The van der Waals surface area contributed by atoms with Crippen LogP contribution in [0.5, 0.6) is 0 Å². The third-order valence-electron chi connectivity index (χ3n) is 5.07. The molecule has 0 spiro atoms.